The summed E-state index contributed by atoms with van der Waals surface area (Å²) in [5, 5.41) is 0. The lowest BCUT2D eigenvalue weighted by Crippen LogP contribution is -2.65. The molecule has 0 aromatic rings. The number of hydrogen-bond donors (Lipinski definition) is 0. The normalized spacial score (nSPS) is 22.8. The van der Waals surface area contributed by atoms with Gasteiger partial charge in [-0.15, -0.1) is 6.58 Å². The standard InChI is InChI=1S/C19H35N3O2/c1-6-7-18(2,3)15-21-13-12-20(4)19(16-21)8-10-22(11-9-19)17(23)14-24-5/h6H,1,7-16H2,2-5H3. The van der Waals surface area contributed by atoms with Crippen LogP contribution < -0.4 is 0 Å². The zero-order valence-electron chi connectivity index (χ0n) is 16.0. The minimum absolute atomic E-state index is 0.120. The van der Waals surface area contributed by atoms with Gasteiger partial charge in [0.2, 0.25) is 5.91 Å². The molecule has 0 radical (unpaired) electrons. The molecule has 5 heteroatoms. The number of likely N-dealkylation sites (N-methyl/N-ethyl adjacent to an activating group) is 1. The fourth-order valence-electron chi connectivity index (χ4n) is 4.27. The van der Waals surface area contributed by atoms with E-state index in [-0.39, 0.29) is 23.5 Å². The van der Waals surface area contributed by atoms with Crippen LogP contribution in [-0.2, 0) is 9.53 Å². The maximum Gasteiger partial charge on any atom is 0.248 e. The second kappa shape index (κ2) is 7.98. The molecule has 2 fully saturated rings. The monoisotopic (exact) mass is 337 g/mol. The van der Waals surface area contributed by atoms with Crippen molar-refractivity contribution in [1.29, 1.82) is 0 Å². The second-order valence-corrected chi connectivity index (χ2v) is 8.33. The molecule has 0 unspecified atom stereocenters. The Hall–Kier alpha value is -0.910. The van der Waals surface area contributed by atoms with Gasteiger partial charge in [0.1, 0.15) is 6.61 Å². The van der Waals surface area contributed by atoms with E-state index < -0.39 is 0 Å². The third-order valence-electron chi connectivity index (χ3n) is 5.74. The first-order valence-electron chi connectivity index (χ1n) is 9.13. The molecule has 0 atom stereocenters. The van der Waals surface area contributed by atoms with Crippen LogP contribution in [-0.4, -0.2) is 86.2 Å². The molecule has 2 rings (SSSR count). The number of methoxy groups -OCH3 is 1. The van der Waals surface area contributed by atoms with Crippen LogP contribution >= 0.6 is 0 Å². The maximum absolute atomic E-state index is 12.0. The number of likely N-dealkylation sites (tertiary alicyclic amines) is 1. The molecule has 2 aliphatic rings. The summed E-state index contributed by atoms with van der Waals surface area (Å²) in [5.74, 6) is 0.120. The minimum atomic E-state index is 0.120. The maximum atomic E-state index is 12.0. The number of carbonyl (C=O) groups excluding carboxylic acids is 1. The van der Waals surface area contributed by atoms with Gasteiger partial charge in [-0.1, -0.05) is 19.9 Å². The van der Waals surface area contributed by atoms with E-state index in [1.807, 2.05) is 11.0 Å². The van der Waals surface area contributed by atoms with Crippen LogP contribution in [0.5, 0.6) is 0 Å². The van der Waals surface area contributed by atoms with Gasteiger partial charge in [-0.3, -0.25) is 14.6 Å². The molecule has 0 aromatic carbocycles. The Labute approximate surface area is 147 Å². The van der Waals surface area contributed by atoms with Crippen molar-refractivity contribution >= 4 is 5.91 Å². The predicted molar refractivity (Wildman–Crippen MR) is 98.1 cm³/mol. The predicted octanol–water partition coefficient (Wildman–Crippen LogP) is 1.84. The largest absolute Gasteiger partial charge is 0.375 e. The second-order valence-electron chi connectivity index (χ2n) is 8.33. The van der Waals surface area contributed by atoms with Gasteiger partial charge in [0, 0.05) is 51.9 Å². The molecule has 1 spiro atoms. The van der Waals surface area contributed by atoms with E-state index in [2.05, 4.69) is 37.3 Å². The molecule has 2 saturated heterocycles. The van der Waals surface area contributed by atoms with Crippen molar-refractivity contribution in [3.63, 3.8) is 0 Å². The lowest BCUT2D eigenvalue weighted by molar-refractivity contribution is -0.138. The molecule has 0 aromatic heterocycles. The van der Waals surface area contributed by atoms with E-state index in [1.54, 1.807) is 7.11 Å². The molecular formula is C19H35N3O2. The summed E-state index contributed by atoms with van der Waals surface area (Å²) in [7, 11) is 3.83. The first kappa shape index (κ1) is 19.4. The van der Waals surface area contributed by atoms with Crippen LogP contribution in [0.15, 0.2) is 12.7 Å². The molecule has 138 valence electrons. The van der Waals surface area contributed by atoms with Gasteiger partial charge in [0.05, 0.1) is 0 Å². The van der Waals surface area contributed by atoms with Gasteiger partial charge in [0.15, 0.2) is 0 Å². The van der Waals surface area contributed by atoms with Gasteiger partial charge < -0.3 is 9.64 Å². The lowest BCUT2D eigenvalue weighted by Gasteiger charge is -2.54. The summed E-state index contributed by atoms with van der Waals surface area (Å²) in [4.78, 5) is 19.2. The molecule has 0 N–H and O–H groups in total. The Morgan fingerprint density at radius 1 is 1.25 bits per heavy atom. The van der Waals surface area contributed by atoms with Crippen LogP contribution in [0, 0.1) is 5.41 Å². The van der Waals surface area contributed by atoms with Crippen molar-refractivity contribution < 1.29 is 9.53 Å². The van der Waals surface area contributed by atoms with E-state index in [1.165, 1.54) is 0 Å². The average molecular weight is 338 g/mol. The summed E-state index contributed by atoms with van der Waals surface area (Å²) in [6.45, 7) is 14.9. The highest BCUT2D eigenvalue weighted by atomic mass is 16.5. The van der Waals surface area contributed by atoms with Crippen molar-refractivity contribution in [2.24, 2.45) is 5.41 Å². The van der Waals surface area contributed by atoms with Gasteiger partial charge in [-0.2, -0.15) is 0 Å². The Bertz CT molecular complexity index is 442. The zero-order valence-corrected chi connectivity index (χ0v) is 16.0. The summed E-state index contributed by atoms with van der Waals surface area (Å²) < 4.78 is 4.99. The first-order valence-corrected chi connectivity index (χ1v) is 9.13. The quantitative estimate of drug-likeness (QED) is 0.693. The number of piperidine rings is 1. The number of hydrogen-bond acceptors (Lipinski definition) is 4. The number of ether oxygens (including phenoxy) is 1. The Kier molecular flexibility index (Phi) is 6.46. The Morgan fingerprint density at radius 2 is 1.92 bits per heavy atom. The number of carbonyl (C=O) groups is 1. The lowest BCUT2D eigenvalue weighted by atomic mass is 9.82. The highest BCUT2D eigenvalue weighted by Crippen LogP contribution is 2.33. The van der Waals surface area contributed by atoms with Crippen molar-refractivity contribution in [2.75, 3.05) is 60.0 Å². The smallest absolute Gasteiger partial charge is 0.248 e. The number of amides is 1. The summed E-state index contributed by atoms with van der Waals surface area (Å²) in [5.41, 5.74) is 0.486. The number of allylic oxidation sites excluding steroid dienone is 1. The van der Waals surface area contributed by atoms with E-state index in [4.69, 9.17) is 4.74 Å². The Morgan fingerprint density at radius 3 is 2.50 bits per heavy atom. The molecule has 0 saturated carbocycles. The first-order chi connectivity index (χ1) is 11.3. The molecule has 1 amide bonds. The van der Waals surface area contributed by atoms with Crippen LogP contribution in [0.25, 0.3) is 0 Å². The summed E-state index contributed by atoms with van der Waals surface area (Å²) in [6, 6.07) is 0. The number of nitrogens with zero attached hydrogens (tertiary/aromatic N) is 3. The van der Waals surface area contributed by atoms with Crippen LogP contribution in [0.4, 0.5) is 0 Å². The Balaban J connectivity index is 1.96. The van der Waals surface area contributed by atoms with Crippen LogP contribution in [0.2, 0.25) is 0 Å². The highest BCUT2D eigenvalue weighted by molar-refractivity contribution is 5.77. The van der Waals surface area contributed by atoms with Gasteiger partial charge >= 0.3 is 0 Å². The number of piperazine rings is 1. The van der Waals surface area contributed by atoms with Gasteiger partial charge in [-0.05, 0) is 31.7 Å². The van der Waals surface area contributed by atoms with Crippen LogP contribution in [0.1, 0.15) is 33.1 Å². The summed E-state index contributed by atoms with van der Waals surface area (Å²) >= 11 is 0. The zero-order chi connectivity index (χ0) is 17.8. The SMILES string of the molecule is C=CCC(C)(C)CN1CCN(C)C2(CCN(C(=O)COC)CC2)C1. The van der Waals surface area contributed by atoms with E-state index >= 15 is 0 Å². The fraction of sp³-hybridized carbons (Fsp3) is 0.842. The van der Waals surface area contributed by atoms with Crippen molar-refractivity contribution in [3.05, 3.63) is 12.7 Å². The average Bonchev–Trinajstić information content (AvgIpc) is 2.51. The van der Waals surface area contributed by atoms with Crippen LogP contribution in [0.3, 0.4) is 0 Å². The van der Waals surface area contributed by atoms with Crippen molar-refractivity contribution in [3.8, 4) is 0 Å². The number of rotatable bonds is 6. The third kappa shape index (κ3) is 4.58. The molecule has 0 aliphatic carbocycles. The highest BCUT2D eigenvalue weighted by Gasteiger charge is 2.43. The van der Waals surface area contributed by atoms with E-state index in [0.717, 1.165) is 58.5 Å². The van der Waals surface area contributed by atoms with Crippen molar-refractivity contribution in [1.82, 2.24) is 14.7 Å². The van der Waals surface area contributed by atoms with Crippen molar-refractivity contribution in [2.45, 2.75) is 38.6 Å². The molecule has 24 heavy (non-hydrogen) atoms. The van der Waals surface area contributed by atoms with Gasteiger partial charge in [0.25, 0.3) is 0 Å². The van der Waals surface area contributed by atoms with E-state index in [0.29, 0.717) is 0 Å². The molecule has 0 bridgehead atoms. The molecule has 2 aliphatic heterocycles. The summed E-state index contributed by atoms with van der Waals surface area (Å²) in [6.07, 6.45) is 5.19. The molecule has 5 nitrogen and oxygen atoms in total. The fourth-order valence-corrected chi connectivity index (χ4v) is 4.27. The topological polar surface area (TPSA) is 36.0 Å². The molecule has 2 heterocycles. The van der Waals surface area contributed by atoms with Gasteiger partial charge in [-0.25, -0.2) is 0 Å². The minimum Gasteiger partial charge on any atom is -0.375 e. The molecular weight excluding hydrogens is 302 g/mol. The van der Waals surface area contributed by atoms with E-state index in [9.17, 15) is 4.79 Å². The third-order valence-corrected chi connectivity index (χ3v) is 5.74.